The SMILES string of the molecule is c1ccc(-c2cc(-c3ccc4c(c3)C(c3ccccc3)(c3ccccc3)c3ccccc3-4)cc(-c3cc(-c4ccccc4-c4cccc5c4sc4ccccc45)nc(-c4ccccc4)n3)c2)cc1. The Morgan fingerprint density at radius 3 is 1.56 bits per heavy atom. The topological polar surface area (TPSA) is 25.8 Å². The largest absolute Gasteiger partial charge is 0.228 e. The average molecular weight is 883 g/mol. The van der Waals surface area contributed by atoms with Gasteiger partial charge in [-0.2, -0.15) is 0 Å². The van der Waals surface area contributed by atoms with E-state index in [1.165, 1.54) is 59.1 Å². The van der Waals surface area contributed by atoms with E-state index in [0.29, 0.717) is 5.82 Å². The monoisotopic (exact) mass is 882 g/mol. The number of thiophene rings is 1. The zero-order valence-corrected chi connectivity index (χ0v) is 37.9. The van der Waals surface area contributed by atoms with Crippen molar-refractivity contribution in [2.24, 2.45) is 0 Å². The van der Waals surface area contributed by atoms with Crippen LogP contribution in [-0.4, -0.2) is 9.97 Å². The molecule has 0 radical (unpaired) electrons. The van der Waals surface area contributed by atoms with Gasteiger partial charge in [-0.1, -0.05) is 218 Å². The van der Waals surface area contributed by atoms with Crippen LogP contribution in [-0.2, 0) is 5.41 Å². The van der Waals surface area contributed by atoms with Crippen molar-refractivity contribution in [3.63, 3.8) is 0 Å². The van der Waals surface area contributed by atoms with Crippen LogP contribution in [0.1, 0.15) is 22.3 Å². The first kappa shape index (κ1) is 39.8. The Bertz CT molecular complexity index is 3800. The number of hydrogen-bond donors (Lipinski definition) is 0. The molecule has 1 aliphatic carbocycles. The molecule has 2 heterocycles. The zero-order valence-electron chi connectivity index (χ0n) is 37.1. The molecule has 68 heavy (non-hydrogen) atoms. The minimum atomic E-state index is -0.510. The van der Waals surface area contributed by atoms with E-state index in [-0.39, 0.29) is 0 Å². The summed E-state index contributed by atoms with van der Waals surface area (Å²) in [5.41, 5.74) is 18.8. The molecule has 12 aromatic rings. The van der Waals surface area contributed by atoms with Crippen LogP contribution in [0.4, 0.5) is 0 Å². The summed E-state index contributed by atoms with van der Waals surface area (Å²) in [7, 11) is 0. The van der Waals surface area contributed by atoms with Gasteiger partial charge in [0.25, 0.3) is 0 Å². The molecule has 0 atom stereocenters. The summed E-state index contributed by atoms with van der Waals surface area (Å²) in [6.07, 6.45) is 0. The number of rotatable bonds is 8. The van der Waals surface area contributed by atoms with Gasteiger partial charge in [-0.25, -0.2) is 9.97 Å². The normalized spacial score (nSPS) is 12.5. The fourth-order valence-electron chi connectivity index (χ4n) is 10.7. The number of fused-ring (bicyclic) bond motifs is 6. The second kappa shape index (κ2) is 16.4. The Labute approximate surface area is 400 Å². The summed E-state index contributed by atoms with van der Waals surface area (Å²) in [5, 5.41) is 2.56. The van der Waals surface area contributed by atoms with Crippen molar-refractivity contribution in [1.29, 1.82) is 0 Å². The molecule has 0 saturated carbocycles. The van der Waals surface area contributed by atoms with E-state index in [2.05, 4.69) is 249 Å². The van der Waals surface area contributed by atoms with Gasteiger partial charge < -0.3 is 0 Å². The van der Waals surface area contributed by atoms with Crippen LogP contribution in [0.15, 0.2) is 255 Å². The molecule has 1 aliphatic rings. The lowest BCUT2D eigenvalue weighted by molar-refractivity contribution is 0.769. The first-order valence-corrected chi connectivity index (χ1v) is 24.0. The van der Waals surface area contributed by atoms with E-state index >= 15 is 0 Å². The van der Waals surface area contributed by atoms with Crippen molar-refractivity contribution in [3.8, 4) is 78.4 Å². The van der Waals surface area contributed by atoms with Gasteiger partial charge in [0.1, 0.15) is 0 Å². The highest BCUT2D eigenvalue weighted by Gasteiger charge is 2.46. The molecule has 10 aromatic carbocycles. The van der Waals surface area contributed by atoms with Crippen molar-refractivity contribution in [3.05, 3.63) is 277 Å². The quantitative estimate of drug-likeness (QED) is 0.152. The summed E-state index contributed by atoms with van der Waals surface area (Å²) >= 11 is 1.85. The lowest BCUT2D eigenvalue weighted by Gasteiger charge is -2.34. The fraction of sp³-hybridized carbons (Fsp3) is 0.0154. The minimum Gasteiger partial charge on any atom is -0.228 e. The third-order valence-electron chi connectivity index (χ3n) is 13.8. The lowest BCUT2D eigenvalue weighted by Crippen LogP contribution is -2.28. The number of aromatic nitrogens is 2. The molecule has 0 saturated heterocycles. The molecule has 0 bridgehead atoms. The van der Waals surface area contributed by atoms with E-state index in [0.717, 1.165) is 55.9 Å². The molecule has 3 heteroatoms. The summed E-state index contributed by atoms with van der Waals surface area (Å²) in [6, 6.07) is 92.5. The van der Waals surface area contributed by atoms with E-state index in [4.69, 9.17) is 9.97 Å². The minimum absolute atomic E-state index is 0.510. The third kappa shape index (κ3) is 6.54. The highest BCUT2D eigenvalue weighted by Crippen LogP contribution is 2.57. The van der Waals surface area contributed by atoms with Gasteiger partial charge in [-0.3, -0.25) is 0 Å². The second-order valence-corrected chi connectivity index (χ2v) is 18.7. The number of nitrogens with zero attached hydrogens (tertiary/aromatic N) is 2. The summed E-state index contributed by atoms with van der Waals surface area (Å²) < 4.78 is 2.57. The molecule has 0 N–H and O–H groups in total. The molecule has 0 unspecified atom stereocenters. The van der Waals surface area contributed by atoms with Crippen LogP contribution in [0.25, 0.3) is 98.6 Å². The van der Waals surface area contributed by atoms with Gasteiger partial charge in [0.15, 0.2) is 5.82 Å². The average Bonchev–Trinajstić information content (AvgIpc) is 3.95. The standard InChI is InChI=1S/C65H42N2S/c1-5-20-43(21-6-1)46-38-47(45-36-37-53-52-29-15-17-34-58(52)65(59(53)41-45,49-24-9-3-10-25-49)50-26-11-4-12-27-50)40-48(39-46)60-42-61(67-64(66-60)44-22-7-2-8-23-44)54-30-14-13-28-51(54)56-32-19-33-57-55-31-16-18-35-62(55)68-63(56)57/h1-42H. The Morgan fingerprint density at radius 1 is 0.294 bits per heavy atom. The first-order chi connectivity index (χ1) is 33.7. The predicted molar refractivity (Wildman–Crippen MR) is 285 cm³/mol. The maximum atomic E-state index is 5.43. The van der Waals surface area contributed by atoms with Crippen LogP contribution in [0.2, 0.25) is 0 Å². The Hall–Kier alpha value is -8.50. The van der Waals surface area contributed by atoms with E-state index in [9.17, 15) is 0 Å². The van der Waals surface area contributed by atoms with Crippen LogP contribution in [0, 0.1) is 0 Å². The van der Waals surface area contributed by atoms with Crippen molar-refractivity contribution in [2.45, 2.75) is 5.41 Å². The molecular weight excluding hydrogens is 841 g/mol. The maximum absolute atomic E-state index is 5.43. The highest BCUT2D eigenvalue weighted by molar-refractivity contribution is 7.26. The van der Waals surface area contributed by atoms with E-state index in [1.807, 2.05) is 17.4 Å². The molecule has 0 aliphatic heterocycles. The van der Waals surface area contributed by atoms with Crippen LogP contribution in [0.3, 0.4) is 0 Å². The fourth-order valence-corrected chi connectivity index (χ4v) is 11.9. The Morgan fingerprint density at radius 2 is 0.824 bits per heavy atom. The molecule has 2 aromatic heterocycles. The lowest BCUT2D eigenvalue weighted by atomic mass is 9.67. The van der Waals surface area contributed by atoms with Crippen molar-refractivity contribution in [1.82, 2.24) is 9.97 Å². The molecule has 0 amide bonds. The van der Waals surface area contributed by atoms with Gasteiger partial charge in [-0.05, 0) is 97.6 Å². The van der Waals surface area contributed by atoms with Gasteiger partial charge >= 0.3 is 0 Å². The van der Waals surface area contributed by atoms with Gasteiger partial charge in [0.05, 0.1) is 16.8 Å². The van der Waals surface area contributed by atoms with Crippen LogP contribution in [0.5, 0.6) is 0 Å². The second-order valence-electron chi connectivity index (χ2n) is 17.6. The van der Waals surface area contributed by atoms with Gasteiger partial charge in [0, 0.05) is 42.4 Å². The number of hydrogen-bond acceptors (Lipinski definition) is 3. The highest BCUT2D eigenvalue weighted by atomic mass is 32.1. The van der Waals surface area contributed by atoms with Gasteiger partial charge in [0.2, 0.25) is 0 Å². The summed E-state index contributed by atoms with van der Waals surface area (Å²) in [6.45, 7) is 0. The molecular formula is C65H42N2S. The third-order valence-corrected chi connectivity index (χ3v) is 15.0. The molecule has 318 valence electrons. The van der Waals surface area contributed by atoms with Crippen molar-refractivity contribution < 1.29 is 0 Å². The predicted octanol–water partition coefficient (Wildman–Crippen LogP) is 17.2. The van der Waals surface area contributed by atoms with E-state index in [1.54, 1.807) is 0 Å². The molecule has 0 fully saturated rings. The maximum Gasteiger partial charge on any atom is 0.160 e. The summed E-state index contributed by atoms with van der Waals surface area (Å²) in [4.78, 5) is 10.8. The Kier molecular flexibility index (Phi) is 9.62. The van der Waals surface area contributed by atoms with E-state index < -0.39 is 5.41 Å². The zero-order chi connectivity index (χ0) is 45.0. The molecule has 2 nitrogen and oxygen atoms in total. The van der Waals surface area contributed by atoms with Gasteiger partial charge in [-0.15, -0.1) is 11.3 Å². The van der Waals surface area contributed by atoms with Crippen molar-refractivity contribution in [2.75, 3.05) is 0 Å². The first-order valence-electron chi connectivity index (χ1n) is 23.2. The van der Waals surface area contributed by atoms with Crippen molar-refractivity contribution >= 4 is 31.5 Å². The summed E-state index contributed by atoms with van der Waals surface area (Å²) in [5.74, 6) is 0.686. The van der Waals surface area contributed by atoms with Crippen LogP contribution < -0.4 is 0 Å². The molecule has 0 spiro atoms. The van der Waals surface area contributed by atoms with Crippen LogP contribution >= 0.6 is 11.3 Å². The molecule has 13 rings (SSSR count). The smallest absolute Gasteiger partial charge is 0.160 e. The number of benzene rings is 10. The Balaban J connectivity index is 1.03.